The standard InChI is InChI=1S/C17H25N3O3/c1-12-7-13(2)9-15(8-12)23-6-5-19(4)17(22)11-20-14(3)10-16(21)18-20/h7-9,14H,5-6,10-11H2,1-4H3,(H,18,21)/t14-/m0/s1. The highest BCUT2D eigenvalue weighted by molar-refractivity contribution is 5.81. The van der Waals surface area contributed by atoms with Crippen molar-refractivity contribution in [3.05, 3.63) is 29.3 Å². The molecule has 1 heterocycles. The van der Waals surface area contributed by atoms with Gasteiger partial charge in [-0.15, -0.1) is 0 Å². The van der Waals surface area contributed by atoms with Crippen molar-refractivity contribution in [1.82, 2.24) is 15.3 Å². The molecule has 1 saturated heterocycles. The van der Waals surface area contributed by atoms with Crippen LogP contribution in [-0.4, -0.2) is 54.5 Å². The quantitative estimate of drug-likeness (QED) is 0.858. The fourth-order valence-electron chi connectivity index (χ4n) is 2.60. The number of hydrogen-bond donors (Lipinski definition) is 1. The van der Waals surface area contributed by atoms with E-state index >= 15 is 0 Å². The van der Waals surface area contributed by atoms with E-state index in [1.165, 1.54) is 0 Å². The third-order valence-electron chi connectivity index (χ3n) is 3.90. The molecular formula is C17H25N3O3. The largest absolute Gasteiger partial charge is 0.492 e. The number of carbonyl (C=O) groups is 2. The Morgan fingerprint density at radius 1 is 1.35 bits per heavy atom. The van der Waals surface area contributed by atoms with Crippen LogP contribution in [0.5, 0.6) is 5.75 Å². The lowest BCUT2D eigenvalue weighted by Crippen LogP contribution is -2.45. The Morgan fingerprint density at radius 2 is 2.00 bits per heavy atom. The van der Waals surface area contributed by atoms with E-state index in [4.69, 9.17) is 4.74 Å². The van der Waals surface area contributed by atoms with E-state index in [0.717, 1.165) is 16.9 Å². The topological polar surface area (TPSA) is 61.9 Å². The maximum absolute atomic E-state index is 12.2. The summed E-state index contributed by atoms with van der Waals surface area (Å²) in [4.78, 5) is 25.1. The van der Waals surface area contributed by atoms with Crippen LogP contribution >= 0.6 is 0 Å². The van der Waals surface area contributed by atoms with Crippen LogP contribution in [0.4, 0.5) is 0 Å². The molecule has 1 aromatic carbocycles. The van der Waals surface area contributed by atoms with Gasteiger partial charge in [-0.05, 0) is 44.0 Å². The van der Waals surface area contributed by atoms with Gasteiger partial charge >= 0.3 is 0 Å². The average Bonchev–Trinajstić information content (AvgIpc) is 2.75. The predicted molar refractivity (Wildman–Crippen MR) is 88.0 cm³/mol. The first-order valence-corrected chi connectivity index (χ1v) is 7.86. The van der Waals surface area contributed by atoms with E-state index in [-0.39, 0.29) is 24.4 Å². The summed E-state index contributed by atoms with van der Waals surface area (Å²) in [6, 6.07) is 6.10. The maximum Gasteiger partial charge on any atom is 0.238 e. The second-order valence-electron chi connectivity index (χ2n) is 6.20. The number of amides is 2. The zero-order valence-electron chi connectivity index (χ0n) is 14.3. The number of nitrogens with one attached hydrogen (secondary N) is 1. The van der Waals surface area contributed by atoms with Gasteiger partial charge in [0.2, 0.25) is 11.8 Å². The van der Waals surface area contributed by atoms with Gasteiger partial charge in [-0.2, -0.15) is 0 Å². The summed E-state index contributed by atoms with van der Waals surface area (Å²) in [6.07, 6.45) is 0.437. The zero-order chi connectivity index (χ0) is 17.0. The minimum Gasteiger partial charge on any atom is -0.492 e. The van der Waals surface area contributed by atoms with Gasteiger partial charge in [-0.3, -0.25) is 15.0 Å². The third kappa shape index (κ3) is 4.96. The van der Waals surface area contributed by atoms with Gasteiger partial charge in [-0.1, -0.05) is 6.07 Å². The van der Waals surface area contributed by atoms with E-state index in [2.05, 4.69) is 11.5 Å². The molecular weight excluding hydrogens is 294 g/mol. The minimum absolute atomic E-state index is 0.0360. The second kappa shape index (κ2) is 7.46. The van der Waals surface area contributed by atoms with Crippen molar-refractivity contribution in [3.8, 4) is 5.75 Å². The van der Waals surface area contributed by atoms with Gasteiger partial charge < -0.3 is 9.64 Å². The first-order chi connectivity index (χ1) is 10.8. The average molecular weight is 319 g/mol. The third-order valence-corrected chi connectivity index (χ3v) is 3.90. The molecule has 0 aliphatic carbocycles. The number of hydrazine groups is 1. The van der Waals surface area contributed by atoms with E-state index in [1.54, 1.807) is 17.0 Å². The van der Waals surface area contributed by atoms with Crippen molar-refractivity contribution < 1.29 is 14.3 Å². The Labute approximate surface area is 137 Å². The highest BCUT2D eigenvalue weighted by Crippen LogP contribution is 2.16. The molecule has 2 rings (SSSR count). The fourth-order valence-corrected chi connectivity index (χ4v) is 2.60. The Hall–Kier alpha value is -2.08. The lowest BCUT2D eigenvalue weighted by Gasteiger charge is -2.23. The van der Waals surface area contributed by atoms with Crippen LogP contribution in [0.1, 0.15) is 24.5 Å². The summed E-state index contributed by atoms with van der Waals surface area (Å²) < 4.78 is 5.72. The van der Waals surface area contributed by atoms with Crippen molar-refractivity contribution in [2.24, 2.45) is 0 Å². The highest BCUT2D eigenvalue weighted by Gasteiger charge is 2.28. The van der Waals surface area contributed by atoms with E-state index in [9.17, 15) is 9.59 Å². The number of benzene rings is 1. The molecule has 126 valence electrons. The molecule has 2 amide bonds. The molecule has 6 nitrogen and oxygen atoms in total. The molecule has 6 heteroatoms. The number of hydrogen-bond acceptors (Lipinski definition) is 4. The summed E-state index contributed by atoms with van der Waals surface area (Å²) in [5.74, 6) is 0.748. The van der Waals surface area contributed by atoms with E-state index in [1.807, 2.05) is 32.9 Å². The molecule has 1 aromatic rings. The molecule has 0 radical (unpaired) electrons. The summed E-state index contributed by atoms with van der Waals surface area (Å²) in [6.45, 7) is 7.11. The molecule has 0 bridgehead atoms. The molecule has 1 atom stereocenters. The number of rotatable bonds is 6. The lowest BCUT2D eigenvalue weighted by atomic mass is 10.1. The van der Waals surface area contributed by atoms with Crippen LogP contribution in [0.15, 0.2) is 18.2 Å². The summed E-state index contributed by atoms with van der Waals surface area (Å²) in [5.41, 5.74) is 5.01. The maximum atomic E-state index is 12.2. The van der Waals surface area contributed by atoms with Crippen molar-refractivity contribution in [2.45, 2.75) is 33.2 Å². The number of likely N-dealkylation sites (N-methyl/N-ethyl adjacent to an activating group) is 1. The molecule has 23 heavy (non-hydrogen) atoms. The van der Waals surface area contributed by atoms with Gasteiger partial charge in [0.05, 0.1) is 13.1 Å². The summed E-state index contributed by atoms with van der Waals surface area (Å²) in [7, 11) is 1.75. The first-order valence-electron chi connectivity index (χ1n) is 7.86. The highest BCUT2D eigenvalue weighted by atomic mass is 16.5. The monoisotopic (exact) mass is 319 g/mol. The molecule has 1 aliphatic rings. The number of nitrogens with zero attached hydrogens (tertiary/aromatic N) is 2. The van der Waals surface area contributed by atoms with Gasteiger partial charge in [-0.25, -0.2) is 5.01 Å². The molecule has 1 aliphatic heterocycles. The minimum atomic E-state index is -0.0388. The molecule has 0 saturated carbocycles. The Kier molecular flexibility index (Phi) is 5.60. The SMILES string of the molecule is Cc1cc(C)cc(OCCN(C)C(=O)CN2NC(=O)C[C@@H]2C)c1. The van der Waals surface area contributed by atoms with Crippen molar-refractivity contribution in [1.29, 1.82) is 0 Å². The molecule has 0 unspecified atom stereocenters. The second-order valence-corrected chi connectivity index (χ2v) is 6.20. The van der Waals surface area contributed by atoms with Crippen LogP contribution in [0.2, 0.25) is 0 Å². The van der Waals surface area contributed by atoms with Gasteiger partial charge in [0, 0.05) is 19.5 Å². The number of aryl methyl sites for hydroxylation is 2. The summed E-state index contributed by atoms with van der Waals surface area (Å²) in [5, 5.41) is 1.69. The molecule has 0 aromatic heterocycles. The van der Waals surface area contributed by atoms with Crippen molar-refractivity contribution in [3.63, 3.8) is 0 Å². The normalized spacial score (nSPS) is 17.9. The van der Waals surface area contributed by atoms with Gasteiger partial charge in [0.25, 0.3) is 0 Å². The molecule has 1 fully saturated rings. The fraction of sp³-hybridized carbons (Fsp3) is 0.529. The Morgan fingerprint density at radius 3 is 2.57 bits per heavy atom. The van der Waals surface area contributed by atoms with Crippen molar-refractivity contribution >= 4 is 11.8 Å². The Balaban J connectivity index is 1.76. The van der Waals surface area contributed by atoms with Crippen LogP contribution in [-0.2, 0) is 9.59 Å². The first kappa shape index (κ1) is 17.3. The van der Waals surface area contributed by atoms with Crippen LogP contribution < -0.4 is 10.2 Å². The number of ether oxygens (including phenoxy) is 1. The van der Waals surface area contributed by atoms with Gasteiger partial charge in [0.1, 0.15) is 12.4 Å². The van der Waals surface area contributed by atoms with Crippen LogP contribution in [0.25, 0.3) is 0 Å². The van der Waals surface area contributed by atoms with E-state index in [0.29, 0.717) is 19.6 Å². The van der Waals surface area contributed by atoms with Crippen LogP contribution in [0.3, 0.4) is 0 Å². The number of carbonyl (C=O) groups excluding carboxylic acids is 2. The summed E-state index contributed by atoms with van der Waals surface area (Å²) >= 11 is 0. The van der Waals surface area contributed by atoms with Crippen molar-refractivity contribution in [2.75, 3.05) is 26.7 Å². The van der Waals surface area contributed by atoms with E-state index < -0.39 is 0 Å². The smallest absolute Gasteiger partial charge is 0.238 e. The predicted octanol–water partition coefficient (Wildman–Crippen LogP) is 1.27. The Bertz CT molecular complexity index is 568. The zero-order valence-corrected chi connectivity index (χ0v) is 14.3. The van der Waals surface area contributed by atoms with Gasteiger partial charge in [0.15, 0.2) is 0 Å². The lowest BCUT2D eigenvalue weighted by molar-refractivity contribution is -0.132. The van der Waals surface area contributed by atoms with Crippen LogP contribution in [0, 0.1) is 13.8 Å². The molecule has 0 spiro atoms. The molecule has 1 N–H and O–H groups in total.